The van der Waals surface area contributed by atoms with Gasteiger partial charge < -0.3 is 88.6 Å². The van der Waals surface area contributed by atoms with Crippen LogP contribution in [0, 0.1) is 71.9 Å². The van der Waals surface area contributed by atoms with E-state index in [9.17, 15) is 14.0 Å². The van der Waals surface area contributed by atoms with Crippen molar-refractivity contribution in [2.24, 2.45) is 59.2 Å². The van der Waals surface area contributed by atoms with E-state index < -0.39 is 0 Å². The van der Waals surface area contributed by atoms with E-state index in [2.05, 4.69) is 289 Å². The number of aryl methyl sites for hydroxylation is 6. The van der Waals surface area contributed by atoms with Crippen LogP contribution in [0.25, 0.3) is 0 Å². The number of hydrogen-bond donors (Lipinski definition) is 0. The van der Waals surface area contributed by atoms with E-state index in [0.29, 0.717) is 40.3 Å². The number of anilines is 4. The molecule has 20 nitrogen and oxygen atoms in total. The molecule has 9 aliphatic rings. The van der Waals surface area contributed by atoms with Crippen molar-refractivity contribution in [3.8, 4) is 0 Å². The van der Waals surface area contributed by atoms with E-state index in [1.54, 1.807) is 6.07 Å². The van der Waals surface area contributed by atoms with Gasteiger partial charge in [-0.25, -0.2) is 9.37 Å². The van der Waals surface area contributed by atoms with Crippen molar-refractivity contribution in [3.05, 3.63) is 184 Å². The van der Waals surface area contributed by atoms with Crippen LogP contribution in [0.2, 0.25) is 0 Å². The molecule has 5 heterocycles. The molecule has 26 heteroatoms. The zero-order valence-corrected chi connectivity index (χ0v) is 98.8. The first-order valence-corrected chi connectivity index (χ1v) is 60.4. The maximum Gasteiger partial charge on any atom is 0.193 e. The van der Waals surface area contributed by atoms with Gasteiger partial charge in [0, 0.05) is 103 Å². The quantitative estimate of drug-likeness (QED) is 0.0339. The third-order valence-electron chi connectivity index (χ3n) is 30.8. The highest BCUT2D eigenvalue weighted by Crippen LogP contribution is 2.43. The van der Waals surface area contributed by atoms with Crippen LogP contribution in [0.5, 0.6) is 0 Å². The van der Waals surface area contributed by atoms with Gasteiger partial charge in [-0.05, 0) is 350 Å². The highest BCUT2D eigenvalue weighted by atomic mass is 32.2. The van der Waals surface area contributed by atoms with E-state index in [4.69, 9.17) is 19.2 Å². The lowest BCUT2D eigenvalue weighted by Gasteiger charge is -2.37. The Kier molecular flexibility index (Phi) is 69.2. The van der Waals surface area contributed by atoms with Gasteiger partial charge in [0.15, 0.2) is 5.78 Å². The first-order valence-electron chi connectivity index (χ1n) is 55.3. The van der Waals surface area contributed by atoms with E-state index in [1.165, 1.54) is 248 Å². The van der Waals surface area contributed by atoms with Crippen molar-refractivity contribution < 1.29 is 83.0 Å². The van der Waals surface area contributed by atoms with Gasteiger partial charge in [0.2, 0.25) is 0 Å². The Morgan fingerprint density at radius 1 is 0.351 bits per heavy atom. The van der Waals surface area contributed by atoms with Crippen LogP contribution < -0.4 is 19.6 Å². The lowest BCUT2D eigenvalue weighted by molar-refractivity contribution is -0.119. The molecule has 9 fully saturated rings. The second kappa shape index (κ2) is 72.7. The zero-order chi connectivity index (χ0) is 98.7. The summed E-state index contributed by atoms with van der Waals surface area (Å²) in [6, 6.07) is 44.5. The number of pyridine rings is 1. The third kappa shape index (κ3) is 51.8. The smallest absolute Gasteiger partial charge is 0.193 e. The maximum atomic E-state index is 14.8. The van der Waals surface area contributed by atoms with Gasteiger partial charge in [0.05, 0.1) is 42.3 Å². The lowest BCUT2D eigenvalue weighted by atomic mass is 9.80. The second-order valence-corrected chi connectivity index (χ2v) is 55.1. The number of ketones is 2. The highest BCUT2D eigenvalue weighted by Gasteiger charge is 2.33. The minimum Gasteiger partial charge on any atom is -0.412 e. The van der Waals surface area contributed by atoms with Crippen LogP contribution in [0.3, 0.4) is 0 Å². The standard InChI is InChI=1S/C26H34OS.C25H41NOS.C24H38FNOS.C24H37NOS.C23H38N2OS.10H2O/c1-26(2,3)28-19-22-13-11-20(12-14-22)9-10-21-15-17-24(18-16-21)25(27)23-7-5-4-6-8-23;1-18(2)28-17-24-10-7-22(8-11-24)6-9-23-12-13-25(19(3)14-23)26-15-20(4)27-21(5)16-26;1-17(2)28-16-22-9-6-20(7-10-22)5-8-21-11-12-24(23(25)13-21)26-14-18(3)27-19(4)15-26;1-24(2,3)27-18-21-8-6-19(7-9-21)4-5-20-10-12-22(13-11-20)25-16-14-23(26)15-17-25;1-17(2)27-16-22-9-6-20(7-10-22)5-8-21-11-12-23(24-13-21)25-14-18(3)26-19(4)15-25;;;;;;;;;;/h4-8,15-18,20,22H,9-14,19H2,1-3H3;12-14,18,20-22,24H,6-11,15-17H2,1-5H3;11-13,17-20,22H,5-10,14-16H2,1-4H3;10-13,19,21H,4-9,14-18H2,1-3H3;11-13,17-20,22H,5-10,14-16H2,1-4H3;10*1H2/t;20-,21+,22?,24?;18-,19+,20?,22?;;18-,19+,20?,22?;;;;;;;;;;. The van der Waals surface area contributed by atoms with E-state index >= 15 is 0 Å². The molecule has 4 aliphatic heterocycles. The number of rotatable bonds is 34. The number of morpholine rings is 3. The van der Waals surface area contributed by atoms with E-state index in [0.717, 1.165) is 168 Å². The molecule has 1 aromatic heterocycles. The molecular weight excluding hydrogens is 1950 g/mol. The van der Waals surface area contributed by atoms with E-state index in [1.807, 2.05) is 48.5 Å². The number of nitrogens with zero attached hydrogens (tertiary/aromatic N) is 5. The molecular formula is C122H208FN5O15S5. The van der Waals surface area contributed by atoms with Crippen LogP contribution in [-0.4, -0.2) is 214 Å². The molecule has 848 valence electrons. The molecule has 5 aliphatic carbocycles. The minimum absolute atomic E-state index is 0. The Hall–Kier alpha value is -5.05. The number of thioether (sulfide) groups is 5. The zero-order valence-electron chi connectivity index (χ0n) is 94.7. The highest BCUT2D eigenvalue weighted by molar-refractivity contribution is 8.01. The normalized spacial score (nSPS) is 24.4. The van der Waals surface area contributed by atoms with Crippen LogP contribution >= 0.6 is 58.8 Å². The minimum atomic E-state index is -0.0757. The molecule has 6 aromatic rings. The summed E-state index contributed by atoms with van der Waals surface area (Å²) in [4.78, 5) is 38.0. The lowest BCUT2D eigenvalue weighted by Crippen LogP contribution is -2.45. The Bertz CT molecular complexity index is 4300. The maximum absolute atomic E-state index is 14.8. The van der Waals surface area contributed by atoms with Gasteiger partial charge in [-0.3, -0.25) is 9.59 Å². The van der Waals surface area contributed by atoms with Gasteiger partial charge in [-0.15, -0.1) is 0 Å². The summed E-state index contributed by atoms with van der Waals surface area (Å²) in [5.74, 6) is 17.5. The predicted octanol–water partition coefficient (Wildman–Crippen LogP) is 23.5. The van der Waals surface area contributed by atoms with Gasteiger partial charge in [0.1, 0.15) is 17.4 Å². The number of carbonyl (C=O) groups excluding carboxylic acids is 2. The molecule has 15 rings (SSSR count). The molecule has 0 bridgehead atoms. The number of piperidine rings is 1. The summed E-state index contributed by atoms with van der Waals surface area (Å²) in [5.41, 5.74) is 13.3. The SMILES string of the molecule is CC(C)(C)SCC1CCC(CCc2ccc(C(=O)c3ccccc3)cc2)CC1.CC(C)(C)SCC1CCC(CCc2ccc(N3CCC(=O)CC3)cc2)CC1.CC(C)SCC1CCC(CCc2ccc(N3C[C@@H](C)O[C@@H](C)C3)c(F)c2)CC1.CC(C)SCC1CCC(CCc2ccc(N3C[C@@H](C)O[C@@H](C)C3)nc2)CC1.Cc1cc(CCC2CCC(CSC(C)C)CC2)ccc1N1C[C@@H](C)O[C@@H](C)C1.O.O.O.O.O.O.O.O.O.O. The monoisotopic (exact) mass is 2160 g/mol. The van der Waals surface area contributed by atoms with Crippen LogP contribution in [0.4, 0.5) is 27.3 Å². The largest absolute Gasteiger partial charge is 0.412 e. The molecule has 4 saturated heterocycles. The van der Waals surface area contributed by atoms with Crippen molar-refractivity contribution in [1.82, 2.24) is 4.98 Å². The molecule has 20 N–H and O–H groups in total. The first-order chi connectivity index (χ1) is 66.1. The average molecular weight is 2160 g/mol. The summed E-state index contributed by atoms with van der Waals surface area (Å²) >= 11 is 10.7. The van der Waals surface area contributed by atoms with Crippen LogP contribution in [0.15, 0.2) is 134 Å². The summed E-state index contributed by atoms with van der Waals surface area (Å²) in [6.07, 6.45) is 45.6. The third-order valence-corrected chi connectivity index (χ3v) is 37.8. The van der Waals surface area contributed by atoms with Crippen molar-refractivity contribution in [1.29, 1.82) is 0 Å². The van der Waals surface area contributed by atoms with Gasteiger partial charge in [0.25, 0.3) is 0 Å². The number of halogens is 1. The molecule has 0 spiro atoms. The first kappa shape index (κ1) is 141. The van der Waals surface area contributed by atoms with Crippen molar-refractivity contribution in [3.63, 3.8) is 0 Å². The molecule has 0 radical (unpaired) electrons. The van der Waals surface area contributed by atoms with Crippen LogP contribution in [0.1, 0.15) is 347 Å². The Balaban J connectivity index is 0.000000910. The summed E-state index contributed by atoms with van der Waals surface area (Å²) in [6.45, 7) is 50.1. The summed E-state index contributed by atoms with van der Waals surface area (Å²) < 4.78 is 33.1. The number of hydrogen-bond acceptors (Lipinski definition) is 15. The number of Topliss-reactive ketones (excluding diaryl/α,β-unsaturated/α-hetero) is 1. The Morgan fingerprint density at radius 3 is 0.973 bits per heavy atom. The summed E-state index contributed by atoms with van der Waals surface area (Å²) in [7, 11) is 0. The molecule has 6 atom stereocenters. The number of benzene rings is 5. The van der Waals surface area contributed by atoms with Crippen molar-refractivity contribution in [2.75, 3.05) is 101 Å². The van der Waals surface area contributed by atoms with Gasteiger partial charge >= 0.3 is 0 Å². The Morgan fingerprint density at radius 2 is 0.642 bits per heavy atom. The number of aromatic nitrogens is 1. The molecule has 148 heavy (non-hydrogen) atoms. The fourth-order valence-corrected chi connectivity index (χ4v) is 27.6. The topological polar surface area (TPSA) is 403 Å². The van der Waals surface area contributed by atoms with Crippen molar-refractivity contribution >= 4 is 93.3 Å². The molecule has 0 unspecified atom stereocenters. The average Bonchev–Trinajstić information content (AvgIpc) is 0.817. The van der Waals surface area contributed by atoms with Gasteiger partial charge in [-0.2, -0.15) is 58.8 Å². The van der Waals surface area contributed by atoms with Gasteiger partial charge in [-0.1, -0.05) is 238 Å². The summed E-state index contributed by atoms with van der Waals surface area (Å²) in [5, 5.41) is 2.31. The number of ether oxygens (including phenoxy) is 3. The fourth-order valence-electron chi connectivity index (χ4n) is 22.5. The van der Waals surface area contributed by atoms with E-state index in [-0.39, 0.29) is 90.8 Å². The van der Waals surface area contributed by atoms with Crippen molar-refractivity contribution in [2.45, 2.75) is 399 Å². The predicted molar refractivity (Wildman–Crippen MR) is 640 cm³/mol. The number of carbonyl (C=O) groups is 2. The Labute approximate surface area is 917 Å². The second-order valence-electron chi connectivity index (χ2n) is 46.6. The van der Waals surface area contributed by atoms with Crippen LogP contribution in [-0.2, 0) is 51.1 Å². The molecule has 0 amide bonds. The molecule has 5 aromatic carbocycles. The molecule has 5 saturated carbocycles. The fraction of sp³-hybridized carbons (Fsp3) is 0.697.